The Morgan fingerprint density at radius 2 is 2.24 bits per heavy atom. The molecule has 1 N–H and O–H groups in total. The Hall–Kier alpha value is -0.840. The zero-order valence-electron chi connectivity index (χ0n) is 9.57. The van der Waals surface area contributed by atoms with E-state index in [2.05, 4.69) is 44.1 Å². The molecule has 2 nitrogen and oxygen atoms in total. The predicted octanol–water partition coefficient (Wildman–Crippen LogP) is 3.81. The highest BCUT2D eigenvalue weighted by molar-refractivity contribution is 9.10. The predicted molar refractivity (Wildman–Crippen MR) is 75.6 cm³/mol. The smallest absolute Gasteiger partial charge is 0.124 e. The highest BCUT2D eigenvalue weighted by Crippen LogP contribution is 2.24. The Balaban J connectivity index is 2.08. The number of nitrogens with one attached hydrogen (secondary N) is 1. The fraction of sp³-hybridized carbons (Fsp3) is 0.231. The zero-order valence-corrected chi connectivity index (χ0v) is 12.0. The van der Waals surface area contributed by atoms with E-state index in [1.54, 1.807) is 11.3 Å². The van der Waals surface area contributed by atoms with Gasteiger partial charge in [0.15, 0.2) is 0 Å². The first-order chi connectivity index (χ1) is 8.29. The minimum Gasteiger partial charge on any atom is -0.489 e. The fourth-order valence-corrected chi connectivity index (χ4v) is 2.62. The molecule has 0 atom stereocenters. The summed E-state index contributed by atoms with van der Waals surface area (Å²) in [5.41, 5.74) is 2.38. The zero-order chi connectivity index (χ0) is 12.1. The monoisotopic (exact) mass is 311 g/mol. The second-order valence-corrected chi connectivity index (χ2v) is 5.40. The van der Waals surface area contributed by atoms with Crippen LogP contribution in [0, 0.1) is 0 Å². The quantitative estimate of drug-likeness (QED) is 0.906. The first-order valence-electron chi connectivity index (χ1n) is 5.36. The van der Waals surface area contributed by atoms with Crippen LogP contribution in [0.4, 0.5) is 0 Å². The van der Waals surface area contributed by atoms with E-state index >= 15 is 0 Å². The molecule has 0 saturated carbocycles. The summed E-state index contributed by atoms with van der Waals surface area (Å²) in [7, 11) is 1.93. The van der Waals surface area contributed by atoms with Gasteiger partial charge in [0.1, 0.15) is 12.4 Å². The Morgan fingerprint density at radius 3 is 2.94 bits per heavy atom. The molecule has 17 heavy (non-hydrogen) atoms. The van der Waals surface area contributed by atoms with E-state index in [1.165, 1.54) is 5.56 Å². The van der Waals surface area contributed by atoms with Crippen molar-refractivity contribution in [3.63, 3.8) is 0 Å². The molecule has 0 aliphatic heterocycles. The first-order valence-corrected chi connectivity index (χ1v) is 7.10. The topological polar surface area (TPSA) is 21.3 Å². The molecule has 0 unspecified atom stereocenters. The third-order valence-corrected chi connectivity index (χ3v) is 3.59. The van der Waals surface area contributed by atoms with Crippen LogP contribution in [0.3, 0.4) is 0 Å². The van der Waals surface area contributed by atoms with Crippen molar-refractivity contribution in [2.45, 2.75) is 13.2 Å². The third kappa shape index (κ3) is 3.56. The summed E-state index contributed by atoms with van der Waals surface area (Å²) >= 11 is 5.17. The standard InChI is InChI=1S/C13H14BrNOS/c1-15-7-11-6-12(14)2-3-13(11)16-8-10-4-5-17-9-10/h2-6,9,15H,7-8H2,1H3. The molecule has 0 spiro atoms. The number of benzene rings is 1. The van der Waals surface area contributed by atoms with Crippen molar-refractivity contribution < 1.29 is 4.74 Å². The lowest BCUT2D eigenvalue weighted by Gasteiger charge is -2.11. The summed E-state index contributed by atoms with van der Waals surface area (Å²) in [6.45, 7) is 1.43. The van der Waals surface area contributed by atoms with E-state index in [0.29, 0.717) is 6.61 Å². The molecule has 0 amide bonds. The van der Waals surface area contributed by atoms with Gasteiger partial charge in [-0.2, -0.15) is 11.3 Å². The van der Waals surface area contributed by atoms with Gasteiger partial charge >= 0.3 is 0 Å². The van der Waals surface area contributed by atoms with Crippen LogP contribution in [-0.4, -0.2) is 7.05 Å². The normalized spacial score (nSPS) is 10.5. The second kappa shape index (κ2) is 6.19. The average molecular weight is 312 g/mol. The summed E-state index contributed by atoms with van der Waals surface area (Å²) in [6.07, 6.45) is 0. The van der Waals surface area contributed by atoms with Crippen LogP contribution in [0.1, 0.15) is 11.1 Å². The summed E-state index contributed by atoms with van der Waals surface area (Å²) in [6, 6.07) is 8.17. The maximum absolute atomic E-state index is 5.83. The average Bonchev–Trinajstić information content (AvgIpc) is 2.81. The van der Waals surface area contributed by atoms with Gasteiger partial charge in [-0.05, 0) is 47.6 Å². The van der Waals surface area contributed by atoms with Crippen molar-refractivity contribution in [3.8, 4) is 5.75 Å². The van der Waals surface area contributed by atoms with Gasteiger partial charge in [-0.15, -0.1) is 0 Å². The van der Waals surface area contributed by atoms with Crippen molar-refractivity contribution >= 4 is 27.3 Å². The number of hydrogen-bond acceptors (Lipinski definition) is 3. The lowest BCUT2D eigenvalue weighted by Crippen LogP contribution is -2.07. The lowest BCUT2D eigenvalue weighted by atomic mass is 10.2. The number of rotatable bonds is 5. The molecule has 1 aromatic carbocycles. The Bertz CT molecular complexity index is 470. The molecule has 4 heteroatoms. The van der Waals surface area contributed by atoms with Crippen LogP contribution in [-0.2, 0) is 13.2 Å². The van der Waals surface area contributed by atoms with Crippen LogP contribution in [0.2, 0.25) is 0 Å². The largest absolute Gasteiger partial charge is 0.489 e. The summed E-state index contributed by atoms with van der Waals surface area (Å²) in [5.74, 6) is 0.939. The third-order valence-electron chi connectivity index (χ3n) is 2.36. The van der Waals surface area contributed by atoms with Crippen molar-refractivity contribution in [1.82, 2.24) is 5.32 Å². The van der Waals surface area contributed by atoms with Gasteiger partial charge in [0, 0.05) is 16.6 Å². The Labute approximate surface area is 114 Å². The van der Waals surface area contributed by atoms with Gasteiger partial charge in [-0.25, -0.2) is 0 Å². The highest BCUT2D eigenvalue weighted by Gasteiger charge is 2.04. The van der Waals surface area contributed by atoms with E-state index in [9.17, 15) is 0 Å². The molecule has 0 aliphatic carbocycles. The maximum Gasteiger partial charge on any atom is 0.124 e. The Kier molecular flexibility index (Phi) is 4.59. The van der Waals surface area contributed by atoms with Crippen LogP contribution < -0.4 is 10.1 Å². The van der Waals surface area contributed by atoms with Gasteiger partial charge in [-0.3, -0.25) is 0 Å². The van der Waals surface area contributed by atoms with Gasteiger partial charge < -0.3 is 10.1 Å². The van der Waals surface area contributed by atoms with Gasteiger partial charge in [-0.1, -0.05) is 15.9 Å². The van der Waals surface area contributed by atoms with E-state index in [4.69, 9.17) is 4.74 Å². The van der Waals surface area contributed by atoms with Gasteiger partial charge in [0.25, 0.3) is 0 Å². The maximum atomic E-state index is 5.83. The fourth-order valence-electron chi connectivity index (χ4n) is 1.55. The highest BCUT2D eigenvalue weighted by atomic mass is 79.9. The molecule has 1 aromatic heterocycles. The molecule has 0 aliphatic rings. The summed E-state index contributed by atoms with van der Waals surface area (Å²) in [5, 5.41) is 7.32. The summed E-state index contributed by atoms with van der Waals surface area (Å²) in [4.78, 5) is 0. The van der Waals surface area contributed by atoms with E-state index in [1.807, 2.05) is 19.2 Å². The van der Waals surface area contributed by atoms with Crippen LogP contribution in [0.5, 0.6) is 5.75 Å². The van der Waals surface area contributed by atoms with E-state index in [0.717, 1.165) is 22.3 Å². The van der Waals surface area contributed by atoms with Crippen LogP contribution in [0.15, 0.2) is 39.5 Å². The number of hydrogen-bond donors (Lipinski definition) is 1. The number of halogens is 1. The molecule has 0 radical (unpaired) electrons. The van der Waals surface area contributed by atoms with E-state index < -0.39 is 0 Å². The first kappa shape index (κ1) is 12.6. The molecular formula is C13H14BrNOS. The lowest BCUT2D eigenvalue weighted by molar-refractivity contribution is 0.303. The van der Waals surface area contributed by atoms with Crippen molar-refractivity contribution in [1.29, 1.82) is 0 Å². The number of ether oxygens (including phenoxy) is 1. The molecule has 90 valence electrons. The summed E-state index contributed by atoms with van der Waals surface area (Å²) < 4.78 is 6.91. The molecular weight excluding hydrogens is 298 g/mol. The van der Waals surface area contributed by atoms with Crippen molar-refractivity contribution in [3.05, 3.63) is 50.6 Å². The van der Waals surface area contributed by atoms with Gasteiger partial charge in [0.05, 0.1) is 0 Å². The SMILES string of the molecule is CNCc1cc(Br)ccc1OCc1ccsc1. The Morgan fingerprint density at radius 1 is 1.35 bits per heavy atom. The van der Waals surface area contributed by atoms with Gasteiger partial charge in [0.2, 0.25) is 0 Å². The molecule has 0 fully saturated rings. The second-order valence-electron chi connectivity index (χ2n) is 3.70. The van der Waals surface area contributed by atoms with Crippen molar-refractivity contribution in [2.24, 2.45) is 0 Å². The molecule has 1 heterocycles. The van der Waals surface area contributed by atoms with E-state index in [-0.39, 0.29) is 0 Å². The molecule has 0 bridgehead atoms. The minimum absolute atomic E-state index is 0.627. The van der Waals surface area contributed by atoms with Crippen LogP contribution in [0.25, 0.3) is 0 Å². The molecule has 0 saturated heterocycles. The van der Waals surface area contributed by atoms with Crippen molar-refractivity contribution in [2.75, 3.05) is 7.05 Å². The molecule has 2 aromatic rings. The number of thiophene rings is 1. The van der Waals surface area contributed by atoms with Crippen LogP contribution >= 0.6 is 27.3 Å². The molecule has 2 rings (SSSR count). The minimum atomic E-state index is 0.627.